The van der Waals surface area contributed by atoms with E-state index in [-0.39, 0.29) is 13.1 Å². The van der Waals surface area contributed by atoms with Gasteiger partial charge in [-0.3, -0.25) is 9.78 Å². The number of rotatable bonds is 5. The van der Waals surface area contributed by atoms with Crippen LogP contribution in [-0.2, 0) is 11.3 Å². The third-order valence-electron chi connectivity index (χ3n) is 1.90. The first kappa shape index (κ1) is 12.8. The van der Waals surface area contributed by atoms with Crippen molar-refractivity contribution in [3.05, 3.63) is 24.0 Å². The second kappa shape index (κ2) is 6.31. The highest BCUT2D eigenvalue weighted by atomic mass is 16.5. The first-order valence-electron chi connectivity index (χ1n) is 4.84. The molecule has 0 fully saturated rings. The minimum atomic E-state index is -1.23. The molecule has 0 radical (unpaired) electrons. The molecule has 7 heteroatoms. The summed E-state index contributed by atoms with van der Waals surface area (Å²) < 4.78 is 4.93. The van der Waals surface area contributed by atoms with Crippen LogP contribution >= 0.6 is 0 Å². The number of carbonyl (C=O) groups is 2. The zero-order valence-corrected chi connectivity index (χ0v) is 9.27. The van der Waals surface area contributed by atoms with Crippen LogP contribution in [0.3, 0.4) is 0 Å². The highest BCUT2D eigenvalue weighted by molar-refractivity contribution is 5.81. The van der Waals surface area contributed by atoms with Gasteiger partial charge in [0.15, 0.2) is 0 Å². The maximum atomic E-state index is 11.2. The van der Waals surface area contributed by atoms with E-state index in [1.54, 1.807) is 12.1 Å². The molecule has 1 heterocycles. The summed E-state index contributed by atoms with van der Waals surface area (Å²) in [5.74, 6) is 0.220. The summed E-state index contributed by atoms with van der Waals surface area (Å²) in [4.78, 5) is 25.3. The van der Waals surface area contributed by atoms with E-state index in [0.717, 1.165) is 0 Å². The third-order valence-corrected chi connectivity index (χ3v) is 1.90. The lowest BCUT2D eigenvalue weighted by Gasteiger charge is -2.05. The van der Waals surface area contributed by atoms with Crippen LogP contribution in [0, 0.1) is 0 Å². The monoisotopic (exact) mass is 239 g/mol. The lowest BCUT2D eigenvalue weighted by atomic mass is 10.3. The number of nitrogens with zero attached hydrogens (tertiary/aromatic N) is 1. The molecule has 1 aromatic rings. The van der Waals surface area contributed by atoms with Gasteiger partial charge in [-0.1, -0.05) is 0 Å². The van der Waals surface area contributed by atoms with Crippen molar-refractivity contribution in [3.63, 3.8) is 0 Å². The largest absolute Gasteiger partial charge is 0.495 e. The number of hydrogen-bond acceptors (Lipinski definition) is 4. The topological polar surface area (TPSA) is 101 Å². The van der Waals surface area contributed by atoms with Crippen LogP contribution in [0.5, 0.6) is 5.75 Å². The molecule has 3 N–H and O–H groups in total. The van der Waals surface area contributed by atoms with Gasteiger partial charge in [-0.15, -0.1) is 0 Å². The van der Waals surface area contributed by atoms with Crippen molar-refractivity contribution in [1.29, 1.82) is 0 Å². The van der Waals surface area contributed by atoms with E-state index in [2.05, 4.69) is 10.3 Å². The molecule has 0 saturated heterocycles. The number of carboxylic acid groups (broad SMARTS) is 1. The number of amides is 2. The van der Waals surface area contributed by atoms with E-state index < -0.39 is 12.0 Å². The molecular formula is C10H13N3O4. The van der Waals surface area contributed by atoms with Crippen molar-refractivity contribution in [2.24, 2.45) is 0 Å². The zero-order valence-electron chi connectivity index (χ0n) is 9.27. The fraction of sp³-hybridized carbons (Fsp3) is 0.300. The molecule has 1 rings (SSSR count). The molecule has 92 valence electrons. The number of pyridine rings is 1. The minimum Gasteiger partial charge on any atom is -0.495 e. The van der Waals surface area contributed by atoms with Crippen LogP contribution in [0.15, 0.2) is 18.3 Å². The van der Waals surface area contributed by atoms with Gasteiger partial charge >= 0.3 is 6.09 Å². The molecule has 0 spiro atoms. The second-order valence-electron chi connectivity index (χ2n) is 3.12. The summed E-state index contributed by atoms with van der Waals surface area (Å²) in [6, 6.07) is 3.44. The molecule has 0 unspecified atom stereocenters. The summed E-state index contributed by atoms with van der Waals surface area (Å²) in [7, 11) is 1.54. The van der Waals surface area contributed by atoms with Crippen molar-refractivity contribution in [2.75, 3.05) is 13.7 Å². The lowest BCUT2D eigenvalue weighted by molar-refractivity contribution is -0.120. The molecule has 0 saturated carbocycles. The maximum Gasteiger partial charge on any atom is 0.405 e. The van der Waals surface area contributed by atoms with Crippen molar-refractivity contribution in [3.8, 4) is 5.75 Å². The molecule has 0 aliphatic heterocycles. The second-order valence-corrected chi connectivity index (χ2v) is 3.12. The molecule has 0 aromatic carbocycles. The lowest BCUT2D eigenvalue weighted by Crippen LogP contribution is -2.35. The minimum absolute atomic E-state index is 0.240. The smallest absolute Gasteiger partial charge is 0.405 e. The molecule has 0 bridgehead atoms. The van der Waals surface area contributed by atoms with Crippen LogP contribution in [0.2, 0.25) is 0 Å². The molecule has 1 aromatic heterocycles. The number of aromatic nitrogens is 1. The van der Waals surface area contributed by atoms with Crippen molar-refractivity contribution >= 4 is 12.0 Å². The Morgan fingerprint density at radius 2 is 2.18 bits per heavy atom. The first-order valence-corrected chi connectivity index (χ1v) is 4.84. The molecule has 0 atom stereocenters. The van der Waals surface area contributed by atoms with Gasteiger partial charge in [0.1, 0.15) is 5.75 Å². The van der Waals surface area contributed by atoms with Crippen molar-refractivity contribution < 1.29 is 19.4 Å². The molecule has 7 nitrogen and oxygen atoms in total. The Labute approximate surface area is 97.8 Å². The summed E-state index contributed by atoms with van der Waals surface area (Å²) in [5.41, 5.74) is 0.662. The van der Waals surface area contributed by atoms with E-state index in [0.29, 0.717) is 11.4 Å². The predicted molar refractivity (Wildman–Crippen MR) is 58.7 cm³/mol. The zero-order chi connectivity index (χ0) is 12.7. The Morgan fingerprint density at radius 3 is 2.71 bits per heavy atom. The molecule has 17 heavy (non-hydrogen) atoms. The highest BCUT2D eigenvalue weighted by Gasteiger charge is 2.03. The summed E-state index contributed by atoms with van der Waals surface area (Å²) in [5, 5.41) is 12.8. The molecular weight excluding hydrogens is 226 g/mol. The summed E-state index contributed by atoms with van der Waals surface area (Å²) >= 11 is 0. The Bertz CT molecular complexity index is 391. The number of nitrogens with one attached hydrogen (secondary N) is 2. The normalized spacial score (nSPS) is 9.47. The van der Waals surface area contributed by atoms with Crippen LogP contribution in [0.4, 0.5) is 4.79 Å². The van der Waals surface area contributed by atoms with Crippen LogP contribution in [-0.4, -0.2) is 35.7 Å². The van der Waals surface area contributed by atoms with Gasteiger partial charge in [0.2, 0.25) is 5.91 Å². The number of methoxy groups -OCH3 is 1. The predicted octanol–water partition coefficient (Wildman–Crippen LogP) is -0.0260. The van der Waals surface area contributed by atoms with Gasteiger partial charge in [-0.25, -0.2) is 4.79 Å². The Kier molecular flexibility index (Phi) is 4.74. The van der Waals surface area contributed by atoms with Crippen LogP contribution in [0.1, 0.15) is 5.69 Å². The van der Waals surface area contributed by atoms with Gasteiger partial charge < -0.3 is 20.5 Å². The number of hydrogen-bond donors (Lipinski definition) is 3. The van der Waals surface area contributed by atoms with E-state index in [4.69, 9.17) is 9.84 Å². The van der Waals surface area contributed by atoms with Crippen molar-refractivity contribution in [1.82, 2.24) is 15.6 Å². The number of ether oxygens (including phenoxy) is 1. The van der Waals surface area contributed by atoms with Gasteiger partial charge in [0.25, 0.3) is 0 Å². The Morgan fingerprint density at radius 1 is 1.41 bits per heavy atom. The number of carbonyl (C=O) groups excluding carboxylic acids is 1. The Hall–Kier alpha value is -2.31. The Balaban J connectivity index is 2.34. The third kappa shape index (κ3) is 4.83. The van der Waals surface area contributed by atoms with Crippen molar-refractivity contribution in [2.45, 2.75) is 6.54 Å². The summed E-state index contributed by atoms with van der Waals surface area (Å²) in [6.45, 7) is -0.0321. The van der Waals surface area contributed by atoms with Gasteiger partial charge in [-0.05, 0) is 12.1 Å². The van der Waals surface area contributed by atoms with Gasteiger partial charge in [0, 0.05) is 0 Å². The standard InChI is InChI=1S/C10H13N3O4/c1-17-8-3-2-7(11-5-8)4-12-9(14)6-13-10(15)16/h2-3,5,13H,4,6H2,1H3,(H,12,14)(H,15,16). The first-order chi connectivity index (χ1) is 8.11. The van der Waals surface area contributed by atoms with Gasteiger partial charge in [-0.2, -0.15) is 0 Å². The SMILES string of the molecule is COc1ccc(CNC(=O)CNC(=O)O)nc1. The maximum absolute atomic E-state index is 11.2. The molecule has 0 aliphatic carbocycles. The fourth-order valence-corrected chi connectivity index (χ4v) is 1.04. The average Bonchev–Trinajstić information content (AvgIpc) is 2.34. The van der Waals surface area contributed by atoms with E-state index >= 15 is 0 Å². The quantitative estimate of drug-likeness (QED) is 0.670. The van der Waals surface area contributed by atoms with E-state index in [1.165, 1.54) is 13.3 Å². The van der Waals surface area contributed by atoms with Gasteiger partial charge in [0.05, 0.1) is 32.1 Å². The average molecular weight is 239 g/mol. The van der Waals surface area contributed by atoms with E-state index in [1.807, 2.05) is 5.32 Å². The van der Waals surface area contributed by atoms with E-state index in [9.17, 15) is 9.59 Å². The molecule has 0 aliphatic rings. The fourth-order valence-electron chi connectivity index (χ4n) is 1.04. The highest BCUT2D eigenvalue weighted by Crippen LogP contribution is 2.07. The molecule has 2 amide bonds. The van der Waals surface area contributed by atoms with Crippen LogP contribution in [0.25, 0.3) is 0 Å². The summed E-state index contributed by atoms with van der Waals surface area (Å²) in [6.07, 6.45) is 0.305. The van der Waals surface area contributed by atoms with Crippen LogP contribution < -0.4 is 15.4 Å².